The van der Waals surface area contributed by atoms with Gasteiger partial charge in [-0.15, -0.1) is 0 Å². The number of hydrogen-bond donors (Lipinski definition) is 1. The summed E-state index contributed by atoms with van der Waals surface area (Å²) in [5.41, 5.74) is 3.87. The highest BCUT2D eigenvalue weighted by Gasteiger charge is 1.94. The molecule has 2 heteroatoms. The molecule has 0 atom stereocenters. The van der Waals surface area contributed by atoms with Gasteiger partial charge < -0.3 is 5.73 Å². The lowest BCUT2D eigenvalue weighted by molar-refractivity contribution is -0.360. The van der Waals surface area contributed by atoms with Gasteiger partial charge in [0.05, 0.1) is 6.54 Å². The highest BCUT2D eigenvalue weighted by atomic mass is 32.2. The van der Waals surface area contributed by atoms with Crippen LogP contribution in [0.4, 0.5) is 0 Å². The Morgan fingerprint density at radius 1 is 0.550 bits per heavy atom. The van der Waals surface area contributed by atoms with Gasteiger partial charge in [0.25, 0.3) is 0 Å². The van der Waals surface area contributed by atoms with Crippen molar-refractivity contribution in [3.63, 3.8) is 0 Å². The molecule has 0 bridgehead atoms. The van der Waals surface area contributed by atoms with Crippen molar-refractivity contribution in [2.24, 2.45) is 0 Å². The fourth-order valence-corrected chi connectivity index (χ4v) is 3.42. The van der Waals surface area contributed by atoms with Crippen LogP contribution >= 0.6 is 11.8 Å². The van der Waals surface area contributed by atoms with E-state index in [4.69, 9.17) is 0 Å². The van der Waals surface area contributed by atoms with Crippen LogP contribution in [0.1, 0.15) is 96.8 Å². The second-order valence-electron chi connectivity index (χ2n) is 6.06. The molecule has 0 aliphatic heterocycles. The molecule has 0 aromatic carbocycles. The molecule has 0 aromatic rings. The summed E-state index contributed by atoms with van der Waals surface area (Å²) in [6.07, 6.45) is 20.4. The minimum absolute atomic E-state index is 1.09. The van der Waals surface area contributed by atoms with Crippen molar-refractivity contribution < 1.29 is 5.73 Å². The molecule has 0 unspecified atom stereocenters. The Hall–Kier alpha value is 0.310. The Labute approximate surface area is 132 Å². The van der Waals surface area contributed by atoms with Crippen LogP contribution in [-0.2, 0) is 0 Å². The van der Waals surface area contributed by atoms with E-state index in [0.717, 1.165) is 6.54 Å². The van der Waals surface area contributed by atoms with Crippen LogP contribution in [0, 0.1) is 0 Å². The van der Waals surface area contributed by atoms with Crippen molar-refractivity contribution in [1.82, 2.24) is 0 Å². The van der Waals surface area contributed by atoms with Gasteiger partial charge in [-0.2, -0.15) is 11.8 Å². The first-order chi connectivity index (χ1) is 9.91. The maximum atomic E-state index is 3.87. The van der Waals surface area contributed by atoms with Gasteiger partial charge in [-0.3, -0.25) is 0 Å². The van der Waals surface area contributed by atoms with E-state index >= 15 is 0 Å². The van der Waals surface area contributed by atoms with Gasteiger partial charge in [0.2, 0.25) is 0 Å². The average molecular weight is 303 g/mol. The van der Waals surface area contributed by atoms with E-state index in [2.05, 4.69) is 24.4 Å². The average Bonchev–Trinajstić information content (AvgIpc) is 2.47. The molecule has 0 aliphatic rings. The minimum atomic E-state index is 1.09. The van der Waals surface area contributed by atoms with Crippen LogP contribution in [0.2, 0.25) is 0 Å². The first-order valence-electron chi connectivity index (χ1n) is 9.28. The maximum Gasteiger partial charge on any atom is 0.0831 e. The number of thioether (sulfide) groups is 1. The molecule has 0 radical (unpaired) electrons. The van der Waals surface area contributed by atoms with Crippen molar-refractivity contribution >= 4 is 11.8 Å². The molecule has 0 fully saturated rings. The summed E-state index contributed by atoms with van der Waals surface area (Å²) in [5, 5.41) is 0. The second-order valence-corrected chi connectivity index (χ2v) is 7.29. The van der Waals surface area contributed by atoms with Gasteiger partial charge in [0.15, 0.2) is 0 Å². The van der Waals surface area contributed by atoms with E-state index in [0.29, 0.717) is 0 Å². The van der Waals surface area contributed by atoms with E-state index < -0.39 is 0 Å². The van der Waals surface area contributed by atoms with E-state index in [1.165, 1.54) is 101 Å². The first-order valence-corrected chi connectivity index (χ1v) is 10.4. The van der Waals surface area contributed by atoms with E-state index in [1.54, 1.807) is 0 Å². The van der Waals surface area contributed by atoms with Crippen molar-refractivity contribution in [1.29, 1.82) is 0 Å². The Balaban J connectivity index is 2.89. The van der Waals surface area contributed by atoms with E-state index in [1.807, 2.05) is 0 Å². The zero-order chi connectivity index (χ0) is 14.7. The summed E-state index contributed by atoms with van der Waals surface area (Å²) in [4.78, 5) is 0. The van der Waals surface area contributed by atoms with Crippen LogP contribution in [-0.4, -0.2) is 18.1 Å². The predicted molar refractivity (Wildman–Crippen MR) is 95.4 cm³/mol. The Bertz CT molecular complexity index is 143. The molecular weight excluding hydrogens is 262 g/mol. The van der Waals surface area contributed by atoms with Gasteiger partial charge in [-0.1, -0.05) is 90.4 Å². The predicted octanol–water partition coefficient (Wildman–Crippen LogP) is 5.44. The topological polar surface area (TPSA) is 27.6 Å². The van der Waals surface area contributed by atoms with Crippen molar-refractivity contribution in [2.75, 3.05) is 18.1 Å². The third-order valence-corrected chi connectivity index (χ3v) is 5.09. The molecule has 122 valence electrons. The number of hydrogen-bond acceptors (Lipinski definition) is 1. The number of unbranched alkanes of at least 4 members (excludes halogenated alkanes) is 13. The molecule has 0 spiro atoms. The van der Waals surface area contributed by atoms with Crippen LogP contribution < -0.4 is 5.73 Å². The molecule has 0 amide bonds. The third-order valence-electron chi connectivity index (χ3n) is 3.93. The van der Waals surface area contributed by atoms with Crippen LogP contribution in [0.3, 0.4) is 0 Å². The van der Waals surface area contributed by atoms with Gasteiger partial charge in [-0.25, -0.2) is 0 Å². The van der Waals surface area contributed by atoms with Gasteiger partial charge >= 0.3 is 0 Å². The molecule has 0 saturated heterocycles. The smallest absolute Gasteiger partial charge is 0.0831 e. The van der Waals surface area contributed by atoms with Gasteiger partial charge in [0, 0.05) is 5.75 Å². The summed E-state index contributed by atoms with van der Waals surface area (Å²) in [7, 11) is 0. The molecule has 0 saturated carbocycles. The summed E-state index contributed by atoms with van der Waals surface area (Å²) in [6, 6.07) is 0. The quantitative estimate of drug-likeness (QED) is 0.356. The fraction of sp³-hybridized carbons (Fsp3) is 1.00. The lowest BCUT2D eigenvalue weighted by Gasteiger charge is -2.03. The molecular formula is C18H40NS+. The van der Waals surface area contributed by atoms with Crippen molar-refractivity contribution in [3.8, 4) is 0 Å². The number of quaternary nitrogens is 1. The zero-order valence-electron chi connectivity index (χ0n) is 14.1. The highest BCUT2D eigenvalue weighted by molar-refractivity contribution is 7.99. The standard InChI is InChI=1S/C18H39NS/c1-2-3-4-5-6-7-8-9-10-11-12-13-14-15-17-20-18-16-19/h2-19H2,1H3/p+1. The Morgan fingerprint density at radius 2 is 0.950 bits per heavy atom. The molecule has 0 aliphatic carbocycles. The third kappa shape index (κ3) is 18.3. The summed E-state index contributed by atoms with van der Waals surface area (Å²) in [6.45, 7) is 3.38. The Morgan fingerprint density at radius 3 is 1.35 bits per heavy atom. The SMILES string of the molecule is CCCCCCCCCCCCCCCCSCC[NH3+]. The summed E-state index contributed by atoms with van der Waals surface area (Å²) >= 11 is 2.07. The first kappa shape index (κ1) is 20.3. The van der Waals surface area contributed by atoms with E-state index in [9.17, 15) is 0 Å². The van der Waals surface area contributed by atoms with Gasteiger partial charge in [-0.05, 0) is 12.2 Å². The lowest BCUT2D eigenvalue weighted by Crippen LogP contribution is -2.51. The minimum Gasteiger partial charge on any atom is -0.357 e. The van der Waals surface area contributed by atoms with Crippen molar-refractivity contribution in [2.45, 2.75) is 96.8 Å². The number of rotatable bonds is 17. The molecule has 0 heterocycles. The largest absolute Gasteiger partial charge is 0.357 e. The molecule has 20 heavy (non-hydrogen) atoms. The maximum absolute atomic E-state index is 3.87. The summed E-state index contributed by atoms with van der Waals surface area (Å²) in [5.74, 6) is 2.60. The highest BCUT2D eigenvalue weighted by Crippen LogP contribution is 2.13. The lowest BCUT2D eigenvalue weighted by atomic mass is 10.0. The van der Waals surface area contributed by atoms with Crippen LogP contribution in [0.25, 0.3) is 0 Å². The van der Waals surface area contributed by atoms with Crippen molar-refractivity contribution in [3.05, 3.63) is 0 Å². The Kier molecular flexibility index (Phi) is 19.6. The molecule has 0 aromatic heterocycles. The zero-order valence-corrected chi connectivity index (χ0v) is 15.0. The molecule has 0 rings (SSSR count). The van der Waals surface area contributed by atoms with Crippen LogP contribution in [0.5, 0.6) is 0 Å². The molecule has 1 nitrogen and oxygen atoms in total. The normalized spacial score (nSPS) is 11.1. The van der Waals surface area contributed by atoms with Crippen LogP contribution in [0.15, 0.2) is 0 Å². The molecule has 3 N–H and O–H groups in total. The monoisotopic (exact) mass is 302 g/mol. The fourth-order valence-electron chi connectivity index (χ4n) is 2.60. The second kappa shape index (κ2) is 19.3. The van der Waals surface area contributed by atoms with Gasteiger partial charge in [0.1, 0.15) is 0 Å². The summed E-state index contributed by atoms with van der Waals surface area (Å²) < 4.78 is 0. The van der Waals surface area contributed by atoms with E-state index in [-0.39, 0.29) is 0 Å².